The molecule has 1 saturated carbocycles. The van der Waals surface area contributed by atoms with Crippen LogP contribution in [-0.2, 0) is 13.6 Å². The Morgan fingerprint density at radius 1 is 1.32 bits per heavy atom. The van der Waals surface area contributed by atoms with Crippen molar-refractivity contribution in [2.75, 3.05) is 25.4 Å². The molecular formula is C18H30N4O3. The van der Waals surface area contributed by atoms with Crippen LogP contribution in [0.25, 0.3) is 0 Å². The molecule has 7 heteroatoms. The molecule has 1 heterocycles. The average Bonchev–Trinajstić information content (AvgIpc) is 3.33. The van der Waals surface area contributed by atoms with Gasteiger partial charge in [-0.2, -0.15) is 0 Å². The number of hydrogen-bond acceptors (Lipinski definition) is 5. The zero-order chi connectivity index (χ0) is 18.7. The third kappa shape index (κ3) is 4.60. The minimum absolute atomic E-state index is 0.00493. The summed E-state index contributed by atoms with van der Waals surface area (Å²) in [5.41, 5.74) is 4.94. The van der Waals surface area contributed by atoms with Gasteiger partial charge in [-0.3, -0.25) is 23.6 Å². The molecule has 0 bridgehead atoms. The first-order valence-corrected chi connectivity index (χ1v) is 9.11. The lowest BCUT2D eigenvalue weighted by atomic mass is 10.1. The molecular weight excluding hydrogens is 320 g/mol. The van der Waals surface area contributed by atoms with Crippen LogP contribution in [0.5, 0.6) is 0 Å². The van der Waals surface area contributed by atoms with E-state index in [1.807, 2.05) is 13.8 Å². The van der Waals surface area contributed by atoms with E-state index in [4.69, 9.17) is 5.73 Å². The Balaban J connectivity index is 2.35. The molecule has 0 spiro atoms. The molecule has 0 unspecified atom stereocenters. The van der Waals surface area contributed by atoms with Crippen molar-refractivity contribution in [3.8, 4) is 0 Å². The maximum Gasteiger partial charge on any atom is 0.332 e. The average molecular weight is 350 g/mol. The summed E-state index contributed by atoms with van der Waals surface area (Å²) in [6.45, 7) is 8.22. The molecule has 7 nitrogen and oxygen atoms in total. The van der Waals surface area contributed by atoms with Crippen molar-refractivity contribution < 1.29 is 4.79 Å². The molecule has 1 aliphatic carbocycles. The second-order valence-electron chi connectivity index (χ2n) is 7.51. The molecule has 0 aromatic carbocycles. The summed E-state index contributed by atoms with van der Waals surface area (Å²) in [6.07, 6.45) is 3.36. The molecule has 1 fully saturated rings. The van der Waals surface area contributed by atoms with Crippen LogP contribution < -0.4 is 17.0 Å². The first-order valence-electron chi connectivity index (χ1n) is 9.11. The van der Waals surface area contributed by atoms with Crippen LogP contribution >= 0.6 is 0 Å². The fraction of sp³-hybridized carbons (Fsp3) is 0.722. The smallest absolute Gasteiger partial charge is 0.332 e. The lowest BCUT2D eigenvalue weighted by Gasteiger charge is -2.22. The number of hydrogen-bond donors (Lipinski definition) is 1. The predicted molar refractivity (Wildman–Crippen MR) is 99.0 cm³/mol. The van der Waals surface area contributed by atoms with E-state index in [-0.39, 0.29) is 29.6 Å². The number of Topliss-reactive ketones (excluding diaryl/α,β-unsaturated/α-hetero) is 1. The summed E-state index contributed by atoms with van der Waals surface area (Å²) < 4.78 is 2.32. The van der Waals surface area contributed by atoms with Crippen molar-refractivity contribution in [1.29, 1.82) is 0 Å². The minimum atomic E-state index is -0.602. The van der Waals surface area contributed by atoms with Crippen LogP contribution in [0.2, 0.25) is 0 Å². The summed E-state index contributed by atoms with van der Waals surface area (Å²) in [5.74, 6) is 0.528. The normalized spacial score (nSPS) is 14.5. The van der Waals surface area contributed by atoms with Gasteiger partial charge in [0.2, 0.25) is 0 Å². The van der Waals surface area contributed by atoms with Gasteiger partial charge >= 0.3 is 5.69 Å². The number of nitrogen functional groups attached to an aromatic ring is 1. The van der Waals surface area contributed by atoms with Gasteiger partial charge in [-0.25, -0.2) is 4.79 Å². The minimum Gasteiger partial charge on any atom is -0.384 e. The molecule has 0 amide bonds. The molecule has 0 atom stereocenters. The number of nitrogens with two attached hydrogens (primary N) is 1. The van der Waals surface area contributed by atoms with Crippen molar-refractivity contribution in [1.82, 2.24) is 14.0 Å². The highest BCUT2D eigenvalue weighted by Gasteiger charge is 2.27. The highest BCUT2D eigenvalue weighted by molar-refractivity contribution is 6.01. The fourth-order valence-electron chi connectivity index (χ4n) is 3.09. The molecule has 2 rings (SSSR count). The standard InChI is InChI=1S/C18H30N4O3/c1-5-8-21(10-13-6-7-13)11-14(23)15-16(19)22(9-12(2)3)18(25)20(4)17(15)24/h12-13H,5-11,19H2,1-4H3. The van der Waals surface area contributed by atoms with E-state index in [0.29, 0.717) is 12.5 Å². The summed E-state index contributed by atoms with van der Waals surface area (Å²) in [4.78, 5) is 39.7. The van der Waals surface area contributed by atoms with Crippen molar-refractivity contribution in [3.63, 3.8) is 0 Å². The van der Waals surface area contributed by atoms with E-state index in [0.717, 1.165) is 24.1 Å². The first-order chi connectivity index (χ1) is 11.8. The Kier molecular flexibility index (Phi) is 6.21. The number of aromatic nitrogens is 2. The summed E-state index contributed by atoms with van der Waals surface area (Å²) >= 11 is 0. The van der Waals surface area contributed by atoms with E-state index < -0.39 is 11.2 Å². The third-order valence-electron chi connectivity index (χ3n) is 4.53. The molecule has 0 aliphatic heterocycles. The van der Waals surface area contributed by atoms with Gasteiger partial charge in [-0.1, -0.05) is 20.8 Å². The molecule has 140 valence electrons. The van der Waals surface area contributed by atoms with Gasteiger partial charge in [0.1, 0.15) is 11.4 Å². The number of carbonyl (C=O) groups is 1. The maximum atomic E-state index is 12.8. The van der Waals surface area contributed by atoms with Crippen molar-refractivity contribution in [3.05, 3.63) is 26.4 Å². The quantitative estimate of drug-likeness (QED) is 0.673. The van der Waals surface area contributed by atoms with E-state index in [9.17, 15) is 14.4 Å². The molecule has 25 heavy (non-hydrogen) atoms. The van der Waals surface area contributed by atoms with Gasteiger partial charge in [0.05, 0.1) is 6.54 Å². The van der Waals surface area contributed by atoms with Crippen molar-refractivity contribution in [2.24, 2.45) is 18.9 Å². The third-order valence-corrected chi connectivity index (χ3v) is 4.53. The largest absolute Gasteiger partial charge is 0.384 e. The Labute approximate surface area is 148 Å². The Hall–Kier alpha value is -1.89. The highest BCUT2D eigenvalue weighted by atomic mass is 16.2. The second-order valence-corrected chi connectivity index (χ2v) is 7.51. The monoisotopic (exact) mass is 350 g/mol. The maximum absolute atomic E-state index is 12.8. The van der Waals surface area contributed by atoms with Gasteiger partial charge in [-0.15, -0.1) is 0 Å². The molecule has 1 aromatic heterocycles. The van der Waals surface area contributed by atoms with Gasteiger partial charge in [0.25, 0.3) is 5.56 Å². The molecule has 2 N–H and O–H groups in total. The fourth-order valence-corrected chi connectivity index (χ4v) is 3.09. The molecule has 0 saturated heterocycles. The lowest BCUT2D eigenvalue weighted by Crippen LogP contribution is -2.44. The molecule has 1 aliphatic rings. The topological polar surface area (TPSA) is 90.3 Å². The van der Waals surface area contributed by atoms with E-state index in [1.165, 1.54) is 24.5 Å². The summed E-state index contributed by atoms with van der Waals surface area (Å²) in [6, 6.07) is 0. The van der Waals surface area contributed by atoms with Gasteiger partial charge in [-0.05, 0) is 37.6 Å². The highest BCUT2D eigenvalue weighted by Crippen LogP contribution is 2.29. The number of nitrogens with zero attached hydrogens (tertiary/aromatic N) is 3. The van der Waals surface area contributed by atoms with Crippen LogP contribution in [0, 0.1) is 11.8 Å². The SMILES string of the molecule is CCCN(CC(=O)c1c(N)n(CC(C)C)c(=O)n(C)c1=O)CC1CC1. The first kappa shape index (κ1) is 19.4. The van der Waals surface area contributed by atoms with Crippen LogP contribution in [0.1, 0.15) is 50.4 Å². The number of carbonyl (C=O) groups excluding carboxylic acids is 1. The van der Waals surface area contributed by atoms with Gasteiger partial charge in [0, 0.05) is 20.1 Å². The molecule has 1 aromatic rings. The van der Waals surface area contributed by atoms with Crippen LogP contribution in [0.3, 0.4) is 0 Å². The number of anilines is 1. The summed E-state index contributed by atoms with van der Waals surface area (Å²) in [7, 11) is 1.39. The number of rotatable bonds is 9. The van der Waals surface area contributed by atoms with E-state index in [1.54, 1.807) is 0 Å². The van der Waals surface area contributed by atoms with Crippen molar-refractivity contribution >= 4 is 11.6 Å². The Morgan fingerprint density at radius 3 is 2.48 bits per heavy atom. The molecule has 0 radical (unpaired) electrons. The van der Waals surface area contributed by atoms with Crippen LogP contribution in [0.4, 0.5) is 5.82 Å². The zero-order valence-electron chi connectivity index (χ0n) is 15.7. The van der Waals surface area contributed by atoms with Crippen LogP contribution in [-0.4, -0.2) is 39.5 Å². The number of ketones is 1. The zero-order valence-corrected chi connectivity index (χ0v) is 15.7. The Morgan fingerprint density at radius 2 is 1.96 bits per heavy atom. The van der Waals surface area contributed by atoms with Crippen LogP contribution in [0.15, 0.2) is 9.59 Å². The lowest BCUT2D eigenvalue weighted by molar-refractivity contribution is 0.0925. The second kappa shape index (κ2) is 7.99. The summed E-state index contributed by atoms with van der Waals surface area (Å²) in [5, 5.41) is 0. The van der Waals surface area contributed by atoms with E-state index >= 15 is 0 Å². The van der Waals surface area contributed by atoms with E-state index in [2.05, 4.69) is 11.8 Å². The Bertz CT molecular complexity index is 744. The van der Waals surface area contributed by atoms with Gasteiger partial charge in [0.15, 0.2) is 5.78 Å². The predicted octanol–water partition coefficient (Wildman–Crippen LogP) is 1.09. The van der Waals surface area contributed by atoms with Gasteiger partial charge < -0.3 is 5.73 Å². The van der Waals surface area contributed by atoms with Crippen molar-refractivity contribution in [2.45, 2.75) is 46.6 Å².